The van der Waals surface area contributed by atoms with Gasteiger partial charge in [-0.15, -0.1) is 0 Å². The van der Waals surface area contributed by atoms with E-state index in [2.05, 4.69) is 9.88 Å². The Kier molecular flexibility index (Phi) is 7.30. The molecule has 4 nitrogen and oxygen atoms in total. The molecule has 4 rings (SSSR count). The van der Waals surface area contributed by atoms with Crippen molar-refractivity contribution in [3.63, 3.8) is 0 Å². The molecule has 1 amide bonds. The molecule has 0 spiro atoms. The minimum Gasteiger partial charge on any atom is -0.391 e. The largest absolute Gasteiger partial charge is 0.391 e. The van der Waals surface area contributed by atoms with Crippen LogP contribution in [0, 0.1) is 12.8 Å². The number of carbonyl (C=O) groups excluding carboxylic acids is 1. The summed E-state index contributed by atoms with van der Waals surface area (Å²) in [6.45, 7) is 2.90. The molecule has 0 aliphatic heterocycles. The van der Waals surface area contributed by atoms with Gasteiger partial charge in [-0.25, -0.2) is 0 Å². The Balaban J connectivity index is 1.67. The minimum absolute atomic E-state index is 0.114. The highest BCUT2D eigenvalue weighted by Gasteiger charge is 2.28. The van der Waals surface area contributed by atoms with E-state index in [1.165, 1.54) is 32.1 Å². The van der Waals surface area contributed by atoms with Crippen molar-refractivity contribution in [1.29, 1.82) is 0 Å². The molecule has 31 heavy (non-hydrogen) atoms. The van der Waals surface area contributed by atoms with E-state index >= 15 is 0 Å². The zero-order valence-corrected chi connectivity index (χ0v) is 19.7. The van der Waals surface area contributed by atoms with Gasteiger partial charge >= 0.3 is 0 Å². The van der Waals surface area contributed by atoms with Gasteiger partial charge in [-0.2, -0.15) is 0 Å². The van der Waals surface area contributed by atoms with Gasteiger partial charge in [0.2, 0.25) is 0 Å². The highest BCUT2D eigenvalue weighted by molar-refractivity contribution is 6.36. The van der Waals surface area contributed by atoms with Crippen LogP contribution in [0.2, 0.25) is 10.0 Å². The molecule has 2 aromatic rings. The molecule has 0 bridgehead atoms. The lowest BCUT2D eigenvalue weighted by molar-refractivity contribution is 0.0716. The number of carbonyl (C=O) groups is 1. The van der Waals surface area contributed by atoms with Gasteiger partial charge in [-0.1, -0.05) is 55.3 Å². The SMILES string of the molecule is Cc1c(C(=O)N[C@@H]2CCCC[C@H]2O)cc(-c2ccc(Cl)cc2Cl)n1CC1CCCCC1. The smallest absolute Gasteiger partial charge is 0.253 e. The molecule has 2 N–H and O–H groups in total. The molecule has 2 saturated carbocycles. The molecular formula is C25H32Cl2N2O2. The first-order chi connectivity index (χ1) is 14.9. The number of hydrogen-bond acceptors (Lipinski definition) is 2. The lowest BCUT2D eigenvalue weighted by atomic mass is 9.89. The van der Waals surface area contributed by atoms with Crippen molar-refractivity contribution in [3.8, 4) is 11.3 Å². The van der Waals surface area contributed by atoms with Gasteiger partial charge in [0.1, 0.15) is 0 Å². The van der Waals surface area contributed by atoms with Crippen molar-refractivity contribution < 1.29 is 9.90 Å². The summed E-state index contributed by atoms with van der Waals surface area (Å²) in [5.41, 5.74) is 3.46. The van der Waals surface area contributed by atoms with Gasteiger partial charge < -0.3 is 15.0 Å². The Hall–Kier alpha value is -1.49. The summed E-state index contributed by atoms with van der Waals surface area (Å²) >= 11 is 12.7. The first-order valence-corrected chi connectivity index (χ1v) is 12.3. The lowest BCUT2D eigenvalue weighted by Crippen LogP contribution is -2.45. The second-order valence-electron chi connectivity index (χ2n) is 9.20. The van der Waals surface area contributed by atoms with Crippen LogP contribution in [0.5, 0.6) is 0 Å². The average molecular weight is 463 g/mol. The zero-order valence-electron chi connectivity index (χ0n) is 18.2. The van der Waals surface area contributed by atoms with Crippen molar-refractivity contribution in [1.82, 2.24) is 9.88 Å². The molecule has 2 aliphatic carbocycles. The molecule has 0 unspecified atom stereocenters. The number of aliphatic hydroxyl groups is 1. The number of rotatable bonds is 5. The van der Waals surface area contributed by atoms with Crippen LogP contribution in [0.1, 0.15) is 73.8 Å². The predicted molar refractivity (Wildman–Crippen MR) is 127 cm³/mol. The fraction of sp³-hybridized carbons (Fsp3) is 0.560. The highest BCUT2D eigenvalue weighted by Crippen LogP contribution is 2.35. The summed E-state index contributed by atoms with van der Waals surface area (Å²) in [6, 6.07) is 7.31. The number of hydrogen-bond donors (Lipinski definition) is 2. The number of amides is 1. The van der Waals surface area contributed by atoms with E-state index in [0.29, 0.717) is 21.5 Å². The van der Waals surface area contributed by atoms with Crippen molar-refractivity contribution in [2.75, 3.05) is 0 Å². The first kappa shape index (κ1) is 22.7. The van der Waals surface area contributed by atoms with Gasteiger partial charge in [0.25, 0.3) is 5.91 Å². The molecule has 168 valence electrons. The standard InChI is InChI=1S/C25H32Cl2N2O2/c1-16-20(25(31)28-22-9-5-6-10-24(22)30)14-23(19-12-11-18(26)13-21(19)27)29(16)15-17-7-3-2-4-8-17/h11-14,17,22,24,30H,2-10,15H2,1H3,(H,28,31)/t22-,24-/m1/s1. The Labute approximate surface area is 194 Å². The molecule has 0 radical (unpaired) electrons. The van der Waals surface area contributed by atoms with Crippen molar-refractivity contribution in [3.05, 3.63) is 45.6 Å². The number of aromatic nitrogens is 1. The highest BCUT2D eigenvalue weighted by atomic mass is 35.5. The Morgan fingerprint density at radius 1 is 1.06 bits per heavy atom. The first-order valence-electron chi connectivity index (χ1n) is 11.6. The van der Waals surface area contributed by atoms with Crippen LogP contribution in [-0.2, 0) is 6.54 Å². The maximum absolute atomic E-state index is 13.2. The third kappa shape index (κ3) is 5.13. The third-order valence-electron chi connectivity index (χ3n) is 7.03. The number of aliphatic hydroxyl groups excluding tert-OH is 1. The van der Waals surface area contributed by atoms with Gasteiger partial charge in [-0.3, -0.25) is 4.79 Å². The van der Waals surface area contributed by atoms with E-state index in [4.69, 9.17) is 23.2 Å². The fourth-order valence-electron chi connectivity index (χ4n) is 5.18. The maximum atomic E-state index is 13.2. The maximum Gasteiger partial charge on any atom is 0.253 e. The Morgan fingerprint density at radius 3 is 2.48 bits per heavy atom. The summed E-state index contributed by atoms with van der Waals surface area (Å²) in [4.78, 5) is 13.2. The lowest BCUT2D eigenvalue weighted by Gasteiger charge is -2.28. The van der Waals surface area contributed by atoms with Crippen LogP contribution >= 0.6 is 23.2 Å². The van der Waals surface area contributed by atoms with Crippen LogP contribution in [0.3, 0.4) is 0 Å². The average Bonchev–Trinajstić information content (AvgIpc) is 3.07. The minimum atomic E-state index is -0.465. The molecule has 2 atom stereocenters. The van der Waals surface area contributed by atoms with E-state index in [1.54, 1.807) is 6.07 Å². The second-order valence-corrected chi connectivity index (χ2v) is 10.0. The van der Waals surface area contributed by atoms with Gasteiger partial charge in [-0.05, 0) is 62.8 Å². The van der Waals surface area contributed by atoms with Crippen LogP contribution in [-0.4, -0.2) is 27.7 Å². The molecule has 1 aromatic carbocycles. The number of nitrogens with one attached hydrogen (secondary N) is 1. The van der Waals surface area contributed by atoms with Crippen LogP contribution in [0.25, 0.3) is 11.3 Å². The summed E-state index contributed by atoms with van der Waals surface area (Å²) in [5, 5.41) is 14.6. The van der Waals surface area contributed by atoms with Crippen LogP contribution in [0.15, 0.2) is 24.3 Å². The van der Waals surface area contributed by atoms with E-state index in [9.17, 15) is 9.90 Å². The van der Waals surface area contributed by atoms with Crippen molar-refractivity contribution in [2.24, 2.45) is 5.92 Å². The summed E-state index contributed by atoms with van der Waals surface area (Å²) in [7, 11) is 0. The monoisotopic (exact) mass is 462 g/mol. The number of benzene rings is 1. The van der Waals surface area contributed by atoms with E-state index in [0.717, 1.165) is 49.2 Å². The summed E-state index contributed by atoms with van der Waals surface area (Å²) in [5.74, 6) is 0.498. The molecule has 1 aromatic heterocycles. The van der Waals surface area contributed by atoms with Crippen LogP contribution < -0.4 is 5.32 Å². The zero-order chi connectivity index (χ0) is 22.0. The molecule has 6 heteroatoms. The molecular weight excluding hydrogens is 431 g/mol. The van der Waals surface area contributed by atoms with E-state index in [-0.39, 0.29) is 11.9 Å². The van der Waals surface area contributed by atoms with E-state index in [1.807, 2.05) is 25.1 Å². The third-order valence-corrected chi connectivity index (χ3v) is 7.58. The topological polar surface area (TPSA) is 54.3 Å². The molecule has 2 fully saturated rings. The van der Waals surface area contributed by atoms with Crippen molar-refractivity contribution in [2.45, 2.75) is 83.4 Å². The fourth-order valence-corrected chi connectivity index (χ4v) is 5.69. The van der Waals surface area contributed by atoms with Crippen LogP contribution in [0.4, 0.5) is 0 Å². The molecule has 2 aliphatic rings. The van der Waals surface area contributed by atoms with Gasteiger partial charge in [0.15, 0.2) is 0 Å². The second kappa shape index (κ2) is 9.97. The normalized spacial score (nSPS) is 22.5. The molecule has 0 saturated heterocycles. The van der Waals surface area contributed by atoms with Crippen molar-refractivity contribution >= 4 is 29.1 Å². The number of nitrogens with zero attached hydrogens (tertiary/aromatic N) is 1. The quantitative estimate of drug-likeness (QED) is 0.540. The Morgan fingerprint density at radius 2 is 1.77 bits per heavy atom. The number of halogens is 2. The van der Waals surface area contributed by atoms with Gasteiger partial charge in [0, 0.05) is 22.8 Å². The Bertz CT molecular complexity index is 934. The van der Waals surface area contributed by atoms with E-state index < -0.39 is 6.10 Å². The predicted octanol–water partition coefficient (Wildman–Crippen LogP) is 6.38. The van der Waals surface area contributed by atoms with Gasteiger partial charge in [0.05, 0.1) is 28.4 Å². The summed E-state index contributed by atoms with van der Waals surface area (Å²) in [6.07, 6.45) is 9.47. The molecule has 1 heterocycles. The summed E-state index contributed by atoms with van der Waals surface area (Å²) < 4.78 is 2.26.